The molecule has 1 aromatic heterocycles. The summed E-state index contributed by atoms with van der Waals surface area (Å²) in [5, 5.41) is 7.25. The Balaban J connectivity index is 1.84. The van der Waals surface area contributed by atoms with Crippen molar-refractivity contribution in [1.82, 2.24) is 9.78 Å². The lowest BCUT2D eigenvalue weighted by Gasteiger charge is -2.15. The van der Waals surface area contributed by atoms with E-state index in [1.165, 1.54) is 11.8 Å². The van der Waals surface area contributed by atoms with Gasteiger partial charge in [0.25, 0.3) is 10.0 Å². The van der Waals surface area contributed by atoms with E-state index in [1.807, 2.05) is 6.92 Å². The number of hydrogen-bond acceptors (Lipinski definition) is 6. The number of nitrogens with one attached hydrogen (secondary N) is 2. The molecule has 0 saturated carbocycles. The van der Waals surface area contributed by atoms with E-state index in [0.717, 1.165) is 6.42 Å². The maximum atomic E-state index is 13.4. The first kappa shape index (κ1) is 23.5. The molecule has 2 aromatic carbocycles. The first-order valence-electron chi connectivity index (χ1n) is 11.0. The summed E-state index contributed by atoms with van der Waals surface area (Å²) in [7, 11) is -2.51. The van der Waals surface area contributed by atoms with Gasteiger partial charge in [0.05, 0.1) is 23.4 Å². The van der Waals surface area contributed by atoms with Crippen molar-refractivity contribution in [3.8, 4) is 16.9 Å². The Morgan fingerprint density at radius 3 is 2.65 bits per heavy atom. The molecule has 9 nitrogen and oxygen atoms in total. The lowest BCUT2D eigenvalue weighted by Crippen LogP contribution is -2.15. The van der Waals surface area contributed by atoms with Gasteiger partial charge in [-0.25, -0.2) is 8.42 Å². The molecule has 0 unspecified atom stereocenters. The quantitative estimate of drug-likeness (QED) is 0.525. The smallest absolute Gasteiger partial charge is 0.262 e. The molecular formula is C24H26N4O5S. The van der Waals surface area contributed by atoms with Crippen molar-refractivity contribution in [2.24, 2.45) is 0 Å². The van der Waals surface area contributed by atoms with Crippen molar-refractivity contribution in [2.75, 3.05) is 17.1 Å². The molecule has 1 aliphatic heterocycles. The summed E-state index contributed by atoms with van der Waals surface area (Å²) in [5.41, 5.74) is 2.59. The van der Waals surface area contributed by atoms with E-state index >= 15 is 0 Å². The Morgan fingerprint density at radius 2 is 1.91 bits per heavy atom. The number of methoxy groups -OCH3 is 1. The second-order valence-electron chi connectivity index (χ2n) is 8.06. The van der Waals surface area contributed by atoms with Crippen molar-refractivity contribution in [3.63, 3.8) is 0 Å². The highest BCUT2D eigenvalue weighted by atomic mass is 32.2. The molecule has 10 heteroatoms. The molecule has 1 aliphatic rings. The third kappa shape index (κ3) is 4.41. The molecule has 2 N–H and O–H groups in total. The third-order valence-electron chi connectivity index (χ3n) is 5.62. The zero-order chi connectivity index (χ0) is 24.5. The van der Waals surface area contributed by atoms with Crippen LogP contribution in [0, 0.1) is 6.92 Å². The van der Waals surface area contributed by atoms with Crippen LogP contribution in [0.3, 0.4) is 0 Å². The van der Waals surface area contributed by atoms with Crippen LogP contribution in [-0.2, 0) is 21.2 Å². The molecule has 4 rings (SSSR count). The van der Waals surface area contributed by atoms with Crippen molar-refractivity contribution in [2.45, 2.75) is 44.4 Å². The fraction of sp³-hybridized carbons (Fsp3) is 0.292. The second-order valence-corrected chi connectivity index (χ2v) is 9.71. The first-order chi connectivity index (χ1) is 16.2. The summed E-state index contributed by atoms with van der Waals surface area (Å²) in [4.78, 5) is 24.9. The van der Waals surface area contributed by atoms with Crippen LogP contribution >= 0.6 is 0 Å². The molecule has 0 spiro atoms. The number of sulfonamides is 1. The summed E-state index contributed by atoms with van der Waals surface area (Å²) < 4.78 is 35.8. The minimum absolute atomic E-state index is 0.0574. The van der Waals surface area contributed by atoms with E-state index in [-0.39, 0.29) is 35.4 Å². The van der Waals surface area contributed by atoms with E-state index < -0.39 is 10.0 Å². The molecule has 0 fully saturated rings. The number of ether oxygens (including phenoxy) is 1. The number of para-hydroxylation sites is 2. The molecule has 0 aliphatic carbocycles. The fourth-order valence-corrected chi connectivity index (χ4v) is 5.31. The molecule has 1 amide bonds. The van der Waals surface area contributed by atoms with Gasteiger partial charge in [0.2, 0.25) is 11.8 Å². The molecule has 3 aromatic rings. The predicted octanol–water partition coefficient (Wildman–Crippen LogP) is 3.99. The minimum atomic E-state index is -3.98. The number of carbonyl (C=O) groups is 2. The van der Waals surface area contributed by atoms with Gasteiger partial charge in [0.1, 0.15) is 11.6 Å². The fourth-order valence-electron chi connectivity index (χ4n) is 3.97. The van der Waals surface area contributed by atoms with Crippen molar-refractivity contribution < 1.29 is 22.7 Å². The Morgan fingerprint density at radius 1 is 1.15 bits per heavy atom. The van der Waals surface area contributed by atoms with Gasteiger partial charge >= 0.3 is 0 Å². The van der Waals surface area contributed by atoms with Gasteiger partial charge in [-0.15, -0.1) is 0 Å². The zero-order valence-corrected chi connectivity index (χ0v) is 20.0. The van der Waals surface area contributed by atoms with Gasteiger partial charge in [-0.1, -0.05) is 37.6 Å². The molecular weight excluding hydrogens is 456 g/mol. The van der Waals surface area contributed by atoms with Gasteiger partial charge in [0, 0.05) is 18.4 Å². The summed E-state index contributed by atoms with van der Waals surface area (Å²) in [6.45, 7) is 3.69. The topological polar surface area (TPSA) is 119 Å². The van der Waals surface area contributed by atoms with Crippen LogP contribution in [0.4, 0.5) is 11.5 Å². The van der Waals surface area contributed by atoms with Gasteiger partial charge < -0.3 is 10.1 Å². The van der Waals surface area contributed by atoms with Crippen LogP contribution in [0.1, 0.15) is 42.2 Å². The minimum Gasteiger partial charge on any atom is -0.495 e. The largest absolute Gasteiger partial charge is 0.495 e. The van der Waals surface area contributed by atoms with Crippen molar-refractivity contribution in [1.29, 1.82) is 0 Å². The van der Waals surface area contributed by atoms with E-state index in [1.54, 1.807) is 49.4 Å². The Bertz CT molecular complexity index is 1380. The Hall–Kier alpha value is -3.66. The van der Waals surface area contributed by atoms with E-state index in [9.17, 15) is 18.0 Å². The molecule has 0 saturated heterocycles. The van der Waals surface area contributed by atoms with Gasteiger partial charge in [-0.2, -0.15) is 9.78 Å². The molecule has 178 valence electrons. The van der Waals surface area contributed by atoms with Gasteiger partial charge in [-0.3, -0.25) is 14.3 Å². The number of benzene rings is 2. The third-order valence-corrected chi connectivity index (χ3v) is 7.13. The SMILES string of the molecule is CCCc1nn2c(c1-c1ccc(C)c(S(=O)(=O)Nc3ccccc3OC)c1)NC(=O)CCC2=O. The second kappa shape index (κ2) is 9.30. The van der Waals surface area contributed by atoms with Crippen LogP contribution < -0.4 is 14.8 Å². The maximum Gasteiger partial charge on any atom is 0.262 e. The van der Waals surface area contributed by atoms with E-state index in [0.29, 0.717) is 40.2 Å². The van der Waals surface area contributed by atoms with Crippen LogP contribution in [0.15, 0.2) is 47.4 Å². The van der Waals surface area contributed by atoms with Crippen molar-refractivity contribution >= 4 is 33.3 Å². The normalized spacial score (nSPS) is 13.7. The summed E-state index contributed by atoms with van der Waals surface area (Å²) in [5.74, 6) is 0.109. The van der Waals surface area contributed by atoms with Crippen LogP contribution in [-0.4, -0.2) is 37.1 Å². The average molecular weight is 483 g/mol. The molecule has 0 bridgehead atoms. The van der Waals surface area contributed by atoms with Crippen LogP contribution in [0.25, 0.3) is 11.1 Å². The summed E-state index contributed by atoms with van der Waals surface area (Å²) in [6, 6.07) is 11.8. The number of aryl methyl sites for hydroxylation is 2. The maximum absolute atomic E-state index is 13.4. The number of hydrogen-bond donors (Lipinski definition) is 2. The molecule has 34 heavy (non-hydrogen) atoms. The monoisotopic (exact) mass is 482 g/mol. The highest BCUT2D eigenvalue weighted by Gasteiger charge is 2.28. The average Bonchev–Trinajstić information content (AvgIpc) is 3.09. The number of anilines is 2. The summed E-state index contributed by atoms with van der Waals surface area (Å²) >= 11 is 0. The molecule has 0 radical (unpaired) electrons. The van der Waals surface area contributed by atoms with Gasteiger partial charge in [-0.05, 0) is 42.7 Å². The van der Waals surface area contributed by atoms with Crippen LogP contribution in [0.2, 0.25) is 0 Å². The predicted molar refractivity (Wildman–Crippen MR) is 129 cm³/mol. The number of nitrogens with zero attached hydrogens (tertiary/aromatic N) is 2. The van der Waals surface area contributed by atoms with E-state index in [4.69, 9.17) is 4.74 Å². The summed E-state index contributed by atoms with van der Waals surface area (Å²) in [6.07, 6.45) is 1.45. The lowest BCUT2D eigenvalue weighted by molar-refractivity contribution is -0.116. The lowest BCUT2D eigenvalue weighted by atomic mass is 10.0. The van der Waals surface area contributed by atoms with Crippen molar-refractivity contribution in [3.05, 3.63) is 53.7 Å². The zero-order valence-electron chi connectivity index (χ0n) is 19.2. The Labute approximate surface area is 198 Å². The van der Waals surface area contributed by atoms with Crippen LogP contribution in [0.5, 0.6) is 5.75 Å². The number of amides is 1. The highest BCUT2D eigenvalue weighted by Crippen LogP contribution is 2.36. The number of aromatic nitrogens is 2. The number of carbonyl (C=O) groups excluding carboxylic acids is 2. The highest BCUT2D eigenvalue weighted by molar-refractivity contribution is 7.92. The number of rotatable bonds is 7. The molecule has 0 atom stereocenters. The number of fused-ring (bicyclic) bond motifs is 1. The standard InChI is InChI=1S/C24H26N4O5S/c1-4-7-18-23(24-25-21(29)12-13-22(30)28(24)26-18)16-11-10-15(2)20(14-16)34(31,32)27-17-8-5-6-9-19(17)33-3/h5-6,8-11,14,27H,4,7,12-13H2,1-3H3,(H,25,29). The first-order valence-corrected chi connectivity index (χ1v) is 12.4. The van der Waals surface area contributed by atoms with Gasteiger partial charge in [0.15, 0.2) is 0 Å². The molecule has 2 heterocycles. The van der Waals surface area contributed by atoms with E-state index in [2.05, 4.69) is 15.1 Å². The Kier molecular flexibility index (Phi) is 6.43.